The zero-order valence-electron chi connectivity index (χ0n) is 18.4. The summed E-state index contributed by atoms with van der Waals surface area (Å²) in [6.07, 6.45) is 1.65. The van der Waals surface area contributed by atoms with Gasteiger partial charge in [0.05, 0.1) is 34.5 Å². The Morgan fingerprint density at radius 3 is 2.62 bits per heavy atom. The maximum atomic E-state index is 13.7. The molecule has 2 aromatic carbocycles. The average molecular weight is 538 g/mol. The molecule has 1 aliphatic heterocycles. The standard InChI is InChI=1S/C24H19Cl3N2O4S/c1-4-33-23(31)19-12(2)28-24-29(20(19)15-7-5-6-8-16(15)26)22(30)18(34-24)10-13-9-14(25)11-17(27)21(13)32-3/h5-11,20H,4H2,1-3H3/b18-10-/t20-/m0/s1. The zero-order valence-corrected chi connectivity index (χ0v) is 21.5. The summed E-state index contributed by atoms with van der Waals surface area (Å²) in [4.78, 5) is 31.6. The zero-order chi connectivity index (χ0) is 24.6. The fraction of sp³-hybridized carbons (Fsp3) is 0.208. The van der Waals surface area contributed by atoms with Crippen molar-refractivity contribution in [3.63, 3.8) is 0 Å². The molecule has 10 heteroatoms. The van der Waals surface area contributed by atoms with Gasteiger partial charge in [0, 0.05) is 15.6 Å². The summed E-state index contributed by atoms with van der Waals surface area (Å²) in [6.45, 7) is 3.62. The van der Waals surface area contributed by atoms with E-state index in [0.717, 1.165) is 0 Å². The van der Waals surface area contributed by atoms with Crippen molar-refractivity contribution in [1.29, 1.82) is 0 Å². The first-order valence-electron chi connectivity index (χ1n) is 10.2. The Morgan fingerprint density at radius 2 is 1.94 bits per heavy atom. The number of halogens is 3. The second-order valence-electron chi connectivity index (χ2n) is 7.33. The van der Waals surface area contributed by atoms with Gasteiger partial charge in [0.15, 0.2) is 4.80 Å². The van der Waals surface area contributed by atoms with Gasteiger partial charge in [-0.25, -0.2) is 9.79 Å². The van der Waals surface area contributed by atoms with Crippen LogP contribution in [-0.2, 0) is 9.53 Å². The third kappa shape index (κ3) is 4.41. The van der Waals surface area contributed by atoms with E-state index in [-0.39, 0.29) is 17.7 Å². The molecule has 0 N–H and O–H groups in total. The van der Waals surface area contributed by atoms with E-state index in [1.807, 2.05) is 0 Å². The van der Waals surface area contributed by atoms with Crippen molar-refractivity contribution in [3.8, 4) is 5.75 Å². The molecule has 0 radical (unpaired) electrons. The fourth-order valence-electron chi connectivity index (χ4n) is 3.83. The number of benzene rings is 2. The summed E-state index contributed by atoms with van der Waals surface area (Å²) in [6, 6.07) is 9.50. The maximum absolute atomic E-state index is 13.7. The van der Waals surface area contributed by atoms with Crippen LogP contribution in [0.3, 0.4) is 0 Å². The smallest absolute Gasteiger partial charge is 0.338 e. The van der Waals surface area contributed by atoms with E-state index >= 15 is 0 Å². The third-order valence-corrected chi connectivity index (χ3v) is 7.07. The highest BCUT2D eigenvalue weighted by atomic mass is 35.5. The number of nitrogens with zero attached hydrogens (tertiary/aromatic N) is 2. The van der Waals surface area contributed by atoms with Crippen LogP contribution in [0.1, 0.15) is 31.0 Å². The largest absolute Gasteiger partial charge is 0.495 e. The van der Waals surface area contributed by atoms with Crippen molar-refractivity contribution in [3.05, 3.63) is 93.6 Å². The number of aromatic nitrogens is 1. The molecule has 34 heavy (non-hydrogen) atoms. The van der Waals surface area contributed by atoms with Gasteiger partial charge in [-0.15, -0.1) is 0 Å². The second kappa shape index (κ2) is 9.96. The molecule has 4 rings (SSSR count). The number of carbonyl (C=O) groups excluding carboxylic acids is 1. The summed E-state index contributed by atoms with van der Waals surface area (Å²) in [7, 11) is 1.49. The minimum atomic E-state index is -0.795. The van der Waals surface area contributed by atoms with Crippen LogP contribution in [0.2, 0.25) is 15.1 Å². The molecular formula is C24H19Cl3N2O4S. The van der Waals surface area contributed by atoms with Crippen molar-refractivity contribution < 1.29 is 14.3 Å². The predicted molar refractivity (Wildman–Crippen MR) is 135 cm³/mol. The number of rotatable bonds is 5. The number of thiazole rings is 1. The molecule has 6 nitrogen and oxygen atoms in total. The molecule has 0 saturated carbocycles. The van der Waals surface area contributed by atoms with Crippen molar-refractivity contribution in [2.75, 3.05) is 13.7 Å². The number of hydrogen-bond donors (Lipinski definition) is 0. The number of hydrogen-bond acceptors (Lipinski definition) is 6. The first-order chi connectivity index (χ1) is 16.3. The van der Waals surface area contributed by atoms with Gasteiger partial charge in [-0.2, -0.15) is 0 Å². The third-order valence-electron chi connectivity index (χ3n) is 5.24. The maximum Gasteiger partial charge on any atom is 0.338 e. The Hall–Kier alpha value is -2.58. The Bertz CT molecular complexity index is 1510. The molecule has 0 aliphatic carbocycles. The van der Waals surface area contributed by atoms with E-state index in [1.54, 1.807) is 56.3 Å². The van der Waals surface area contributed by atoms with Gasteiger partial charge in [0.25, 0.3) is 5.56 Å². The van der Waals surface area contributed by atoms with Crippen LogP contribution < -0.4 is 19.6 Å². The van der Waals surface area contributed by atoms with Crippen LogP contribution in [-0.4, -0.2) is 24.3 Å². The van der Waals surface area contributed by atoms with Crippen molar-refractivity contribution in [1.82, 2.24) is 4.57 Å². The molecule has 1 aliphatic rings. The lowest BCUT2D eigenvalue weighted by molar-refractivity contribution is -0.139. The number of allylic oxidation sites excluding steroid dienone is 1. The molecule has 1 atom stereocenters. The number of esters is 1. The molecule has 2 heterocycles. The topological polar surface area (TPSA) is 69.9 Å². The Balaban J connectivity index is 2.01. The quantitative estimate of drug-likeness (QED) is 0.440. The summed E-state index contributed by atoms with van der Waals surface area (Å²) in [5.41, 5.74) is 1.51. The number of carbonyl (C=O) groups is 1. The van der Waals surface area contributed by atoms with Crippen LogP contribution in [0, 0.1) is 0 Å². The van der Waals surface area contributed by atoms with Gasteiger partial charge in [-0.05, 0) is 43.7 Å². The van der Waals surface area contributed by atoms with E-state index in [1.165, 1.54) is 23.0 Å². The van der Waals surface area contributed by atoms with Crippen LogP contribution in [0.25, 0.3) is 6.08 Å². The molecule has 0 spiro atoms. The second-order valence-corrected chi connectivity index (χ2v) is 9.59. The number of ether oxygens (including phenoxy) is 2. The molecule has 0 bridgehead atoms. The van der Waals surface area contributed by atoms with Gasteiger partial charge in [0.2, 0.25) is 0 Å². The molecule has 3 aromatic rings. The SMILES string of the molecule is CCOC(=O)C1=C(C)N=c2s/c(=C\c3cc(Cl)cc(Cl)c3OC)c(=O)n2[C@H]1c1ccccc1Cl. The van der Waals surface area contributed by atoms with E-state index < -0.39 is 12.0 Å². The van der Waals surface area contributed by atoms with Gasteiger partial charge in [-0.3, -0.25) is 9.36 Å². The molecule has 0 unspecified atom stereocenters. The minimum absolute atomic E-state index is 0.185. The molecule has 0 amide bonds. The van der Waals surface area contributed by atoms with Crippen LogP contribution >= 0.6 is 46.1 Å². The predicted octanol–water partition coefficient (Wildman–Crippen LogP) is 4.77. The average Bonchev–Trinajstić information content (AvgIpc) is 3.07. The molecule has 1 aromatic heterocycles. The first kappa shape index (κ1) is 24.5. The van der Waals surface area contributed by atoms with Gasteiger partial charge in [-0.1, -0.05) is 64.3 Å². The summed E-state index contributed by atoms with van der Waals surface area (Å²) < 4.78 is 12.5. The van der Waals surface area contributed by atoms with Crippen molar-refractivity contribution in [2.24, 2.45) is 4.99 Å². The highest BCUT2D eigenvalue weighted by Crippen LogP contribution is 2.35. The van der Waals surface area contributed by atoms with Gasteiger partial charge < -0.3 is 9.47 Å². The van der Waals surface area contributed by atoms with Crippen LogP contribution in [0.15, 0.2) is 57.5 Å². The molecule has 176 valence electrons. The van der Waals surface area contributed by atoms with Crippen LogP contribution in [0.4, 0.5) is 0 Å². The molecular weight excluding hydrogens is 519 g/mol. The van der Waals surface area contributed by atoms with E-state index in [0.29, 0.717) is 47.0 Å². The number of fused-ring (bicyclic) bond motifs is 1. The van der Waals surface area contributed by atoms with E-state index in [9.17, 15) is 9.59 Å². The fourth-order valence-corrected chi connectivity index (χ4v) is 5.69. The van der Waals surface area contributed by atoms with Gasteiger partial charge in [0.1, 0.15) is 11.8 Å². The lowest BCUT2D eigenvalue weighted by atomic mass is 9.96. The van der Waals surface area contributed by atoms with Crippen molar-refractivity contribution in [2.45, 2.75) is 19.9 Å². The minimum Gasteiger partial charge on any atom is -0.495 e. The molecule has 0 saturated heterocycles. The summed E-state index contributed by atoms with van der Waals surface area (Å²) in [5.74, 6) is -0.158. The van der Waals surface area contributed by atoms with Crippen molar-refractivity contribution >= 4 is 58.2 Å². The van der Waals surface area contributed by atoms with Gasteiger partial charge >= 0.3 is 5.97 Å². The summed E-state index contributed by atoms with van der Waals surface area (Å²) in [5, 5.41) is 1.14. The normalized spacial score (nSPS) is 15.7. The first-order valence-corrected chi connectivity index (χ1v) is 12.2. The Labute approximate surface area is 214 Å². The number of methoxy groups -OCH3 is 1. The lowest BCUT2D eigenvalue weighted by Crippen LogP contribution is -2.40. The van der Waals surface area contributed by atoms with Crippen LogP contribution in [0.5, 0.6) is 5.75 Å². The monoisotopic (exact) mass is 536 g/mol. The van der Waals surface area contributed by atoms with E-state index in [4.69, 9.17) is 44.3 Å². The van der Waals surface area contributed by atoms with E-state index in [2.05, 4.69) is 4.99 Å². The Morgan fingerprint density at radius 1 is 1.21 bits per heavy atom. The Kier molecular flexibility index (Phi) is 7.19. The molecule has 0 fully saturated rings. The lowest BCUT2D eigenvalue weighted by Gasteiger charge is -2.25. The highest BCUT2D eigenvalue weighted by Gasteiger charge is 2.34. The summed E-state index contributed by atoms with van der Waals surface area (Å²) >= 11 is 20.1. The highest BCUT2D eigenvalue weighted by molar-refractivity contribution is 7.07.